The van der Waals surface area contributed by atoms with E-state index in [-0.39, 0.29) is 29.8 Å². The number of carbonyl (C=O) groups is 1. The van der Waals surface area contributed by atoms with E-state index in [1.54, 1.807) is 24.0 Å². The van der Waals surface area contributed by atoms with Crippen LogP contribution in [-0.2, 0) is 6.18 Å². The number of alkyl halides is 3. The van der Waals surface area contributed by atoms with Crippen LogP contribution in [0.3, 0.4) is 0 Å². The quantitative estimate of drug-likeness (QED) is 0.455. The van der Waals surface area contributed by atoms with Gasteiger partial charge in [-0.05, 0) is 55.5 Å². The van der Waals surface area contributed by atoms with Gasteiger partial charge in [-0.25, -0.2) is 19.3 Å². The van der Waals surface area contributed by atoms with Gasteiger partial charge in [-0.3, -0.25) is 4.79 Å². The molecule has 3 heterocycles. The predicted molar refractivity (Wildman–Crippen MR) is 120 cm³/mol. The van der Waals surface area contributed by atoms with Gasteiger partial charge in [0, 0.05) is 36.8 Å². The Morgan fingerprint density at radius 1 is 1.17 bits per heavy atom. The summed E-state index contributed by atoms with van der Waals surface area (Å²) in [6.45, 7) is 4.08. The van der Waals surface area contributed by atoms with E-state index >= 15 is 4.39 Å². The van der Waals surface area contributed by atoms with E-state index in [0.717, 1.165) is 25.0 Å². The molecule has 0 aliphatic carbocycles. The fourth-order valence-corrected chi connectivity index (χ4v) is 4.28. The molecule has 4 rings (SSSR count). The van der Waals surface area contributed by atoms with Crippen LogP contribution in [0.25, 0.3) is 11.4 Å². The van der Waals surface area contributed by atoms with Gasteiger partial charge in [0.2, 0.25) is 5.88 Å². The molecule has 1 saturated heterocycles. The SMILES string of the molecule is Cc1cc(F)c(C(=O)N2CCCC(C)C2COc2ccc(C(F)(F)F)cn2)c(-c2ncccn2)c1. The molecule has 0 spiro atoms. The highest BCUT2D eigenvalue weighted by Gasteiger charge is 2.36. The van der Waals surface area contributed by atoms with E-state index in [1.165, 1.54) is 18.5 Å². The lowest BCUT2D eigenvalue weighted by Crippen LogP contribution is -2.51. The summed E-state index contributed by atoms with van der Waals surface area (Å²) < 4.78 is 59.2. The molecule has 184 valence electrons. The first-order valence-corrected chi connectivity index (χ1v) is 11.2. The van der Waals surface area contributed by atoms with E-state index in [1.807, 2.05) is 6.92 Å². The van der Waals surface area contributed by atoms with E-state index < -0.39 is 29.5 Å². The van der Waals surface area contributed by atoms with Crippen molar-refractivity contribution in [1.29, 1.82) is 0 Å². The van der Waals surface area contributed by atoms with Gasteiger partial charge in [-0.1, -0.05) is 6.92 Å². The van der Waals surface area contributed by atoms with Gasteiger partial charge in [0.1, 0.15) is 12.4 Å². The van der Waals surface area contributed by atoms with E-state index in [0.29, 0.717) is 23.9 Å². The summed E-state index contributed by atoms with van der Waals surface area (Å²) in [5.41, 5.74) is -0.0658. The molecular weight excluding hydrogens is 464 g/mol. The number of benzene rings is 1. The number of aryl methyl sites for hydroxylation is 1. The van der Waals surface area contributed by atoms with Gasteiger partial charge >= 0.3 is 6.18 Å². The van der Waals surface area contributed by atoms with Crippen LogP contribution in [0.2, 0.25) is 0 Å². The first-order valence-electron chi connectivity index (χ1n) is 11.2. The number of ether oxygens (including phenoxy) is 1. The van der Waals surface area contributed by atoms with Gasteiger partial charge in [0.05, 0.1) is 17.2 Å². The van der Waals surface area contributed by atoms with Crippen molar-refractivity contribution in [3.05, 3.63) is 71.4 Å². The normalized spacial score (nSPS) is 18.4. The third-order valence-corrected chi connectivity index (χ3v) is 6.10. The van der Waals surface area contributed by atoms with Crippen molar-refractivity contribution < 1.29 is 27.1 Å². The van der Waals surface area contributed by atoms with E-state index in [9.17, 15) is 18.0 Å². The second-order valence-corrected chi connectivity index (χ2v) is 8.62. The molecule has 1 fully saturated rings. The van der Waals surface area contributed by atoms with Crippen molar-refractivity contribution in [3.8, 4) is 17.3 Å². The lowest BCUT2D eigenvalue weighted by molar-refractivity contribution is -0.137. The van der Waals surface area contributed by atoms with Crippen LogP contribution in [0.5, 0.6) is 5.88 Å². The number of hydrogen-bond acceptors (Lipinski definition) is 5. The molecule has 2 atom stereocenters. The first kappa shape index (κ1) is 24.6. The predicted octanol–water partition coefficient (Wildman–Crippen LogP) is 5.32. The lowest BCUT2D eigenvalue weighted by atomic mass is 9.90. The van der Waals surface area contributed by atoms with E-state index in [4.69, 9.17) is 4.74 Å². The summed E-state index contributed by atoms with van der Waals surface area (Å²) in [5.74, 6) is -0.898. The van der Waals surface area contributed by atoms with Gasteiger partial charge in [0.25, 0.3) is 5.91 Å². The van der Waals surface area contributed by atoms with Crippen LogP contribution in [-0.4, -0.2) is 45.0 Å². The Labute approximate surface area is 200 Å². The van der Waals surface area contributed by atoms with Crippen molar-refractivity contribution in [2.45, 2.75) is 38.9 Å². The molecule has 3 aromatic rings. The summed E-state index contributed by atoms with van der Waals surface area (Å²) in [6, 6.07) is 6.22. The number of aromatic nitrogens is 3. The van der Waals surface area contributed by atoms with Gasteiger partial charge < -0.3 is 9.64 Å². The number of halogens is 4. The molecule has 0 N–H and O–H groups in total. The van der Waals surface area contributed by atoms with Crippen LogP contribution >= 0.6 is 0 Å². The number of hydrogen-bond donors (Lipinski definition) is 0. The number of pyridine rings is 1. The Hall–Kier alpha value is -3.56. The van der Waals surface area contributed by atoms with Gasteiger partial charge in [0.15, 0.2) is 5.82 Å². The van der Waals surface area contributed by atoms with Crippen LogP contribution < -0.4 is 4.74 Å². The summed E-state index contributed by atoms with van der Waals surface area (Å²) in [6.07, 6.45) is 0.804. The molecule has 10 heteroatoms. The number of rotatable bonds is 5. The highest BCUT2D eigenvalue weighted by molar-refractivity contribution is 6.00. The summed E-state index contributed by atoms with van der Waals surface area (Å²) in [4.78, 5) is 27.4. The zero-order chi connectivity index (χ0) is 25.2. The second-order valence-electron chi connectivity index (χ2n) is 8.62. The first-order chi connectivity index (χ1) is 16.6. The minimum absolute atomic E-state index is 0.00984. The summed E-state index contributed by atoms with van der Waals surface area (Å²) in [7, 11) is 0. The fraction of sp³-hybridized carbons (Fsp3) is 0.360. The van der Waals surface area contributed by atoms with Gasteiger partial charge in [-0.2, -0.15) is 13.2 Å². The molecular formula is C25H24F4N4O2. The topological polar surface area (TPSA) is 68.2 Å². The third-order valence-electron chi connectivity index (χ3n) is 6.10. The standard InChI is InChI=1S/C25H24F4N4O2/c1-15-11-18(23-30-8-4-9-31-23)22(19(26)12-15)24(34)33-10-3-5-16(2)20(33)14-35-21-7-6-17(13-32-21)25(27,28)29/h4,6-9,11-13,16,20H,3,5,10,14H2,1-2H3. The highest BCUT2D eigenvalue weighted by atomic mass is 19.4. The Balaban J connectivity index is 1.60. The molecule has 35 heavy (non-hydrogen) atoms. The smallest absolute Gasteiger partial charge is 0.417 e. The summed E-state index contributed by atoms with van der Waals surface area (Å²) in [5, 5.41) is 0. The lowest BCUT2D eigenvalue weighted by Gasteiger charge is -2.40. The Morgan fingerprint density at radius 3 is 2.57 bits per heavy atom. The maximum Gasteiger partial charge on any atom is 0.417 e. The molecule has 6 nitrogen and oxygen atoms in total. The Bertz CT molecular complexity index is 1190. The Morgan fingerprint density at radius 2 is 1.91 bits per heavy atom. The largest absolute Gasteiger partial charge is 0.475 e. The maximum atomic E-state index is 15.2. The van der Waals surface area contributed by atoms with Crippen LogP contribution in [0, 0.1) is 18.7 Å². The van der Waals surface area contributed by atoms with E-state index in [2.05, 4.69) is 15.0 Å². The molecule has 0 radical (unpaired) electrons. The molecule has 0 saturated carbocycles. The minimum Gasteiger partial charge on any atom is -0.475 e. The van der Waals surface area contributed by atoms with Gasteiger partial charge in [-0.15, -0.1) is 0 Å². The third kappa shape index (κ3) is 5.41. The molecule has 1 aliphatic heterocycles. The number of piperidine rings is 1. The fourth-order valence-electron chi connectivity index (χ4n) is 4.28. The van der Waals surface area contributed by atoms with Crippen LogP contribution in [0.4, 0.5) is 17.6 Å². The van der Waals surface area contributed by atoms with Crippen molar-refractivity contribution in [2.75, 3.05) is 13.2 Å². The number of likely N-dealkylation sites (tertiary alicyclic amines) is 1. The zero-order valence-corrected chi connectivity index (χ0v) is 19.2. The number of nitrogens with zero attached hydrogens (tertiary/aromatic N) is 4. The number of amides is 1. The maximum absolute atomic E-state index is 15.2. The van der Waals surface area contributed by atoms with Crippen molar-refractivity contribution >= 4 is 5.91 Å². The average Bonchev–Trinajstić information content (AvgIpc) is 2.82. The van der Waals surface area contributed by atoms with Crippen molar-refractivity contribution in [3.63, 3.8) is 0 Å². The zero-order valence-electron chi connectivity index (χ0n) is 19.2. The number of carbonyl (C=O) groups excluding carboxylic acids is 1. The average molecular weight is 488 g/mol. The monoisotopic (exact) mass is 488 g/mol. The molecule has 1 aliphatic rings. The van der Waals surface area contributed by atoms with Crippen LogP contribution in [0.1, 0.15) is 41.3 Å². The molecule has 2 aromatic heterocycles. The van der Waals surface area contributed by atoms with Crippen molar-refractivity contribution in [1.82, 2.24) is 19.9 Å². The molecule has 1 amide bonds. The molecule has 0 bridgehead atoms. The minimum atomic E-state index is -4.50. The van der Waals surface area contributed by atoms with Crippen LogP contribution in [0.15, 0.2) is 48.9 Å². The summed E-state index contributed by atoms with van der Waals surface area (Å²) >= 11 is 0. The van der Waals surface area contributed by atoms with Crippen molar-refractivity contribution in [2.24, 2.45) is 5.92 Å². The second kappa shape index (κ2) is 9.97. The molecule has 2 unspecified atom stereocenters. The molecule has 1 aromatic carbocycles. The Kier molecular flexibility index (Phi) is 7.00. The highest BCUT2D eigenvalue weighted by Crippen LogP contribution is 2.32.